The van der Waals surface area contributed by atoms with E-state index in [2.05, 4.69) is 19.9 Å². The van der Waals surface area contributed by atoms with E-state index < -0.39 is 0 Å². The van der Waals surface area contributed by atoms with Gasteiger partial charge in [-0.15, -0.1) is 0 Å². The number of hydrogen-bond donors (Lipinski definition) is 0. The van der Waals surface area contributed by atoms with Crippen LogP contribution < -0.4 is 4.90 Å². The fraction of sp³-hybridized carbons (Fsp3) is 0.462. The lowest BCUT2D eigenvalue weighted by atomic mass is 10.2. The van der Waals surface area contributed by atoms with Crippen LogP contribution >= 0.6 is 0 Å². The number of anilines is 1. The molecular weight excluding hydrogens is 226 g/mol. The molecule has 0 amide bonds. The third-order valence-corrected chi connectivity index (χ3v) is 3.27. The minimum absolute atomic E-state index is 0.736. The van der Waals surface area contributed by atoms with Gasteiger partial charge in [-0.3, -0.25) is 0 Å². The van der Waals surface area contributed by atoms with Gasteiger partial charge in [0.25, 0.3) is 0 Å². The molecule has 3 rings (SSSR count). The maximum absolute atomic E-state index is 4.67. The van der Waals surface area contributed by atoms with Gasteiger partial charge in [0.05, 0.1) is 6.33 Å². The molecule has 0 saturated heterocycles. The summed E-state index contributed by atoms with van der Waals surface area (Å²) in [5, 5.41) is 0. The molecule has 0 saturated carbocycles. The van der Waals surface area contributed by atoms with Crippen LogP contribution in [0.5, 0.6) is 0 Å². The molecule has 0 fully saturated rings. The molecule has 2 heterocycles. The number of fused-ring (bicyclic) bond motifs is 1. The van der Waals surface area contributed by atoms with Gasteiger partial charge in [-0.05, 0) is 19.3 Å². The molecule has 5 nitrogen and oxygen atoms in total. The first-order chi connectivity index (χ1) is 8.65. The van der Waals surface area contributed by atoms with Crippen LogP contribution in [0, 0.1) is 0 Å². The summed E-state index contributed by atoms with van der Waals surface area (Å²) >= 11 is 0. The Labute approximate surface area is 107 Å². The lowest BCUT2D eigenvalue weighted by Crippen LogP contribution is -2.15. The summed E-state index contributed by atoms with van der Waals surface area (Å²) in [6.45, 7) is 0. The fourth-order valence-electron chi connectivity index (χ4n) is 2.43. The molecule has 0 aromatic carbocycles. The maximum atomic E-state index is 4.67. The number of aryl methyl sites for hydroxylation is 2. The monoisotopic (exact) mass is 243 g/mol. The quantitative estimate of drug-likeness (QED) is 0.800. The second-order valence-corrected chi connectivity index (χ2v) is 4.97. The van der Waals surface area contributed by atoms with Crippen molar-refractivity contribution in [3.63, 3.8) is 0 Å². The highest BCUT2D eigenvalue weighted by atomic mass is 15.2. The Bertz CT molecular complexity index is 585. The van der Waals surface area contributed by atoms with Crippen molar-refractivity contribution in [3.8, 4) is 11.5 Å². The highest BCUT2D eigenvalue weighted by Gasteiger charge is 2.21. The summed E-state index contributed by atoms with van der Waals surface area (Å²) in [4.78, 5) is 15.7. The number of imidazole rings is 1. The average Bonchev–Trinajstić information content (AvgIpc) is 2.95. The lowest BCUT2D eigenvalue weighted by Gasteiger charge is -2.16. The van der Waals surface area contributed by atoms with Crippen molar-refractivity contribution in [1.82, 2.24) is 19.5 Å². The van der Waals surface area contributed by atoms with Crippen LogP contribution in [0.15, 0.2) is 12.5 Å². The van der Waals surface area contributed by atoms with Crippen molar-refractivity contribution in [2.45, 2.75) is 19.3 Å². The highest BCUT2D eigenvalue weighted by Crippen LogP contribution is 2.29. The second-order valence-electron chi connectivity index (χ2n) is 4.97. The average molecular weight is 243 g/mol. The first kappa shape index (κ1) is 11.2. The molecule has 0 unspecified atom stereocenters. The molecule has 1 aliphatic rings. The van der Waals surface area contributed by atoms with Crippen LogP contribution in [-0.4, -0.2) is 33.6 Å². The predicted octanol–water partition coefficient (Wildman–Crippen LogP) is 1.43. The zero-order valence-corrected chi connectivity index (χ0v) is 11.0. The van der Waals surface area contributed by atoms with Crippen molar-refractivity contribution in [2.75, 3.05) is 19.0 Å². The number of nitrogens with zero attached hydrogens (tertiary/aromatic N) is 5. The van der Waals surface area contributed by atoms with Gasteiger partial charge < -0.3 is 9.47 Å². The van der Waals surface area contributed by atoms with Gasteiger partial charge in [-0.2, -0.15) is 0 Å². The standard InChI is InChI=1S/C13H17N5/c1-17(2)13-9-5-4-6-10(9)15-12(16-13)11-7-18(3)8-14-11/h7-8H,4-6H2,1-3H3. The third-order valence-electron chi connectivity index (χ3n) is 3.27. The van der Waals surface area contributed by atoms with Crippen molar-refractivity contribution in [2.24, 2.45) is 7.05 Å². The second kappa shape index (κ2) is 4.08. The third kappa shape index (κ3) is 1.75. The molecule has 0 N–H and O–H groups in total. The number of rotatable bonds is 2. The molecule has 0 spiro atoms. The molecule has 0 bridgehead atoms. The maximum Gasteiger partial charge on any atom is 0.182 e. The highest BCUT2D eigenvalue weighted by molar-refractivity contribution is 5.57. The van der Waals surface area contributed by atoms with Crippen LogP contribution in [0.25, 0.3) is 11.5 Å². The van der Waals surface area contributed by atoms with Crippen LogP contribution in [-0.2, 0) is 19.9 Å². The number of aromatic nitrogens is 4. The first-order valence-corrected chi connectivity index (χ1v) is 6.20. The van der Waals surface area contributed by atoms with Gasteiger partial charge in [-0.1, -0.05) is 0 Å². The Hall–Kier alpha value is -1.91. The first-order valence-electron chi connectivity index (χ1n) is 6.20. The fourth-order valence-corrected chi connectivity index (χ4v) is 2.43. The summed E-state index contributed by atoms with van der Waals surface area (Å²) < 4.78 is 1.92. The molecule has 5 heteroatoms. The van der Waals surface area contributed by atoms with Crippen molar-refractivity contribution < 1.29 is 0 Å². The van der Waals surface area contributed by atoms with Crippen molar-refractivity contribution in [3.05, 3.63) is 23.8 Å². The van der Waals surface area contributed by atoms with E-state index in [9.17, 15) is 0 Å². The lowest BCUT2D eigenvalue weighted by molar-refractivity contribution is 0.898. The van der Waals surface area contributed by atoms with Gasteiger partial charge >= 0.3 is 0 Å². The SMILES string of the molecule is CN(C)c1nc(-c2cn(C)cn2)nc2c1CCC2. The molecule has 0 radical (unpaired) electrons. The van der Waals surface area contributed by atoms with E-state index in [0.717, 1.165) is 30.2 Å². The largest absolute Gasteiger partial charge is 0.362 e. The molecular formula is C13H17N5. The van der Waals surface area contributed by atoms with E-state index in [0.29, 0.717) is 0 Å². The smallest absolute Gasteiger partial charge is 0.182 e. The molecule has 18 heavy (non-hydrogen) atoms. The van der Waals surface area contributed by atoms with E-state index in [1.165, 1.54) is 17.7 Å². The molecule has 0 atom stereocenters. The van der Waals surface area contributed by atoms with Crippen molar-refractivity contribution >= 4 is 5.82 Å². The van der Waals surface area contributed by atoms with Crippen molar-refractivity contribution in [1.29, 1.82) is 0 Å². The van der Waals surface area contributed by atoms with E-state index in [1.807, 2.05) is 31.9 Å². The zero-order chi connectivity index (χ0) is 12.7. The summed E-state index contributed by atoms with van der Waals surface area (Å²) in [7, 11) is 6.02. The molecule has 2 aromatic heterocycles. The summed E-state index contributed by atoms with van der Waals surface area (Å²) in [5.41, 5.74) is 3.34. The van der Waals surface area contributed by atoms with Crippen LogP contribution in [0.2, 0.25) is 0 Å². The van der Waals surface area contributed by atoms with E-state index in [4.69, 9.17) is 0 Å². The predicted molar refractivity (Wildman–Crippen MR) is 70.6 cm³/mol. The normalized spacial score (nSPS) is 13.7. The van der Waals surface area contributed by atoms with E-state index >= 15 is 0 Å². The van der Waals surface area contributed by atoms with Gasteiger partial charge in [0.1, 0.15) is 11.5 Å². The van der Waals surface area contributed by atoms with Gasteiger partial charge in [0.15, 0.2) is 5.82 Å². The number of hydrogen-bond acceptors (Lipinski definition) is 4. The minimum Gasteiger partial charge on any atom is -0.362 e. The Morgan fingerprint density at radius 1 is 1.22 bits per heavy atom. The van der Waals surface area contributed by atoms with Gasteiger partial charge in [0.2, 0.25) is 0 Å². The van der Waals surface area contributed by atoms with E-state index in [1.54, 1.807) is 6.33 Å². The van der Waals surface area contributed by atoms with Crippen LogP contribution in [0.4, 0.5) is 5.82 Å². The van der Waals surface area contributed by atoms with Crippen LogP contribution in [0.1, 0.15) is 17.7 Å². The summed E-state index contributed by atoms with van der Waals surface area (Å²) in [6, 6.07) is 0. The minimum atomic E-state index is 0.736. The van der Waals surface area contributed by atoms with Crippen LogP contribution in [0.3, 0.4) is 0 Å². The molecule has 2 aromatic rings. The topological polar surface area (TPSA) is 46.8 Å². The summed E-state index contributed by atoms with van der Waals surface area (Å²) in [6.07, 6.45) is 7.05. The molecule has 0 aliphatic heterocycles. The zero-order valence-electron chi connectivity index (χ0n) is 11.0. The Morgan fingerprint density at radius 3 is 2.72 bits per heavy atom. The Balaban J connectivity index is 2.14. The summed E-state index contributed by atoms with van der Waals surface area (Å²) in [5.74, 6) is 1.78. The molecule has 94 valence electrons. The molecule has 1 aliphatic carbocycles. The van der Waals surface area contributed by atoms with Gasteiger partial charge in [0, 0.05) is 38.6 Å². The van der Waals surface area contributed by atoms with Gasteiger partial charge in [-0.25, -0.2) is 15.0 Å². The Morgan fingerprint density at radius 2 is 2.06 bits per heavy atom. The van der Waals surface area contributed by atoms with E-state index in [-0.39, 0.29) is 0 Å². The Kier molecular flexibility index (Phi) is 2.54.